The lowest BCUT2D eigenvalue weighted by Gasteiger charge is -2.16. The molecule has 34 heavy (non-hydrogen) atoms. The van der Waals surface area contributed by atoms with E-state index in [4.69, 9.17) is 9.26 Å². The van der Waals surface area contributed by atoms with E-state index in [9.17, 15) is 10.1 Å². The molecule has 0 atom stereocenters. The standard InChI is InChI=1S/C25H17N5O3S/c1-32-23-6-2-17(19-10-16(13-26)14-27-15-19)12-22(23)30-21-5-4-20(11-18(21)3-7-25(30)31)34-29-24-8-9-33-28-24/h2-12,14-15H,1H3,(H,28,29). The van der Waals surface area contributed by atoms with Gasteiger partial charge in [0.25, 0.3) is 5.56 Å². The van der Waals surface area contributed by atoms with Gasteiger partial charge in [-0.25, -0.2) is 0 Å². The topological polar surface area (TPSA) is 106 Å². The van der Waals surface area contributed by atoms with Gasteiger partial charge >= 0.3 is 0 Å². The zero-order valence-corrected chi connectivity index (χ0v) is 18.7. The first kappa shape index (κ1) is 21.3. The van der Waals surface area contributed by atoms with Crippen molar-refractivity contribution in [2.24, 2.45) is 0 Å². The number of pyridine rings is 2. The Bertz CT molecular complexity index is 1590. The van der Waals surface area contributed by atoms with Gasteiger partial charge in [0.1, 0.15) is 18.1 Å². The van der Waals surface area contributed by atoms with Crippen molar-refractivity contribution in [3.8, 4) is 28.6 Å². The molecular weight excluding hydrogens is 450 g/mol. The molecule has 0 saturated carbocycles. The fourth-order valence-electron chi connectivity index (χ4n) is 3.62. The summed E-state index contributed by atoms with van der Waals surface area (Å²) in [6, 6.07) is 20.3. The molecule has 3 aromatic heterocycles. The Morgan fingerprint density at radius 1 is 1.06 bits per heavy atom. The fourth-order valence-corrected chi connectivity index (χ4v) is 4.27. The van der Waals surface area contributed by atoms with Crippen molar-refractivity contribution in [3.63, 3.8) is 0 Å². The third kappa shape index (κ3) is 4.10. The van der Waals surface area contributed by atoms with E-state index in [1.54, 1.807) is 42.1 Å². The van der Waals surface area contributed by atoms with Crippen molar-refractivity contribution in [2.45, 2.75) is 4.90 Å². The molecular formula is C25H17N5O3S. The highest BCUT2D eigenvalue weighted by Gasteiger charge is 2.14. The Hall–Kier alpha value is -4.55. The number of anilines is 1. The second-order valence-corrected chi connectivity index (χ2v) is 8.16. The van der Waals surface area contributed by atoms with E-state index < -0.39 is 0 Å². The molecule has 3 heterocycles. The van der Waals surface area contributed by atoms with Crippen LogP contribution in [0.15, 0.2) is 93.5 Å². The number of nitrogens with one attached hydrogen (secondary N) is 1. The first-order valence-corrected chi connectivity index (χ1v) is 11.0. The largest absolute Gasteiger partial charge is 0.495 e. The number of nitriles is 1. The quantitative estimate of drug-likeness (QED) is 0.346. The highest BCUT2D eigenvalue weighted by atomic mass is 32.2. The number of aromatic nitrogens is 3. The number of methoxy groups -OCH3 is 1. The normalized spacial score (nSPS) is 10.7. The number of rotatable bonds is 6. The third-order valence-electron chi connectivity index (χ3n) is 5.20. The SMILES string of the molecule is COc1ccc(-c2cncc(C#N)c2)cc1-n1c(=O)ccc2cc(SNc3ccon3)ccc21. The van der Waals surface area contributed by atoms with Crippen LogP contribution in [0.2, 0.25) is 0 Å². The number of ether oxygens (including phenoxy) is 1. The molecule has 0 radical (unpaired) electrons. The van der Waals surface area contributed by atoms with Crippen LogP contribution in [-0.4, -0.2) is 21.8 Å². The second kappa shape index (κ2) is 9.13. The average molecular weight is 468 g/mol. The van der Waals surface area contributed by atoms with Gasteiger partial charge in [0.2, 0.25) is 0 Å². The minimum absolute atomic E-state index is 0.187. The molecule has 0 bridgehead atoms. The van der Waals surface area contributed by atoms with Gasteiger partial charge < -0.3 is 14.0 Å². The molecule has 1 N–H and O–H groups in total. The highest BCUT2D eigenvalue weighted by molar-refractivity contribution is 8.00. The summed E-state index contributed by atoms with van der Waals surface area (Å²) in [6.45, 7) is 0. The van der Waals surface area contributed by atoms with Crippen molar-refractivity contribution >= 4 is 28.7 Å². The second-order valence-electron chi connectivity index (χ2n) is 7.28. The first-order valence-electron chi connectivity index (χ1n) is 10.2. The number of hydrogen-bond acceptors (Lipinski definition) is 8. The Morgan fingerprint density at radius 3 is 2.76 bits per heavy atom. The van der Waals surface area contributed by atoms with E-state index in [2.05, 4.69) is 20.9 Å². The van der Waals surface area contributed by atoms with Crippen LogP contribution in [0, 0.1) is 11.3 Å². The van der Waals surface area contributed by atoms with Gasteiger partial charge in [-0.1, -0.05) is 11.2 Å². The van der Waals surface area contributed by atoms with E-state index in [0.29, 0.717) is 22.8 Å². The molecule has 0 fully saturated rings. The Balaban J connectivity index is 1.60. The average Bonchev–Trinajstić information content (AvgIpc) is 3.41. The number of nitrogens with zero attached hydrogens (tertiary/aromatic N) is 4. The number of fused-ring (bicyclic) bond motifs is 1. The van der Waals surface area contributed by atoms with Crippen molar-refractivity contribution in [1.29, 1.82) is 5.26 Å². The summed E-state index contributed by atoms with van der Waals surface area (Å²) in [7, 11) is 1.57. The van der Waals surface area contributed by atoms with Gasteiger partial charge in [0.05, 0.1) is 23.9 Å². The smallest absolute Gasteiger partial charge is 0.255 e. The maximum Gasteiger partial charge on any atom is 0.255 e. The Labute approximate surface area is 198 Å². The summed E-state index contributed by atoms with van der Waals surface area (Å²) in [4.78, 5) is 18.1. The van der Waals surface area contributed by atoms with Crippen LogP contribution < -0.4 is 15.0 Å². The molecule has 0 aliphatic heterocycles. The zero-order valence-electron chi connectivity index (χ0n) is 17.9. The van der Waals surface area contributed by atoms with Crippen LogP contribution in [0.3, 0.4) is 0 Å². The fraction of sp³-hybridized carbons (Fsp3) is 0.0400. The van der Waals surface area contributed by atoms with Gasteiger partial charge in [-0.3, -0.25) is 14.3 Å². The molecule has 5 aromatic rings. The molecule has 2 aromatic carbocycles. The van der Waals surface area contributed by atoms with Crippen LogP contribution in [0.1, 0.15) is 5.56 Å². The predicted octanol–water partition coefficient (Wildman–Crippen LogP) is 5.04. The predicted molar refractivity (Wildman–Crippen MR) is 130 cm³/mol. The molecule has 8 nitrogen and oxygen atoms in total. The van der Waals surface area contributed by atoms with Crippen molar-refractivity contribution in [2.75, 3.05) is 11.8 Å². The van der Waals surface area contributed by atoms with Gasteiger partial charge in [0.15, 0.2) is 5.82 Å². The molecule has 5 rings (SSSR count). The van der Waals surface area contributed by atoms with Crippen LogP contribution in [0.4, 0.5) is 5.82 Å². The van der Waals surface area contributed by atoms with Crippen LogP contribution in [0.25, 0.3) is 27.7 Å². The number of benzene rings is 2. The van der Waals surface area contributed by atoms with Crippen LogP contribution in [-0.2, 0) is 0 Å². The van der Waals surface area contributed by atoms with Crippen molar-refractivity contribution < 1.29 is 9.26 Å². The number of hydrogen-bond donors (Lipinski definition) is 1. The van der Waals surface area contributed by atoms with Gasteiger partial charge in [-0.15, -0.1) is 0 Å². The van der Waals surface area contributed by atoms with Crippen molar-refractivity contribution in [1.82, 2.24) is 14.7 Å². The van der Waals surface area contributed by atoms with Crippen LogP contribution in [0.5, 0.6) is 5.75 Å². The van der Waals surface area contributed by atoms with E-state index >= 15 is 0 Å². The summed E-state index contributed by atoms with van der Waals surface area (Å²) in [5.74, 6) is 1.17. The maximum absolute atomic E-state index is 13.0. The van der Waals surface area contributed by atoms with E-state index in [-0.39, 0.29) is 5.56 Å². The summed E-state index contributed by atoms with van der Waals surface area (Å²) in [5.41, 5.74) is 3.19. The molecule has 9 heteroatoms. The van der Waals surface area contributed by atoms with Crippen molar-refractivity contribution in [3.05, 3.63) is 95.2 Å². The summed E-state index contributed by atoms with van der Waals surface area (Å²) in [5, 5.41) is 13.9. The van der Waals surface area contributed by atoms with Crippen LogP contribution >= 0.6 is 11.9 Å². The summed E-state index contributed by atoms with van der Waals surface area (Å²) < 4.78 is 15.2. The first-order chi connectivity index (χ1) is 16.7. The lowest BCUT2D eigenvalue weighted by molar-refractivity contribution is 0.413. The lowest BCUT2D eigenvalue weighted by Crippen LogP contribution is -2.18. The zero-order chi connectivity index (χ0) is 23.5. The molecule has 0 aliphatic rings. The van der Waals surface area contributed by atoms with E-state index in [0.717, 1.165) is 26.9 Å². The van der Waals surface area contributed by atoms with E-state index in [1.807, 2.05) is 30.3 Å². The van der Waals surface area contributed by atoms with Gasteiger partial charge in [0, 0.05) is 35.0 Å². The van der Waals surface area contributed by atoms with Gasteiger partial charge in [-0.05, 0) is 65.4 Å². The molecule has 0 spiro atoms. The minimum atomic E-state index is -0.187. The molecule has 166 valence electrons. The Kier molecular flexibility index (Phi) is 5.72. The molecule has 0 amide bonds. The van der Waals surface area contributed by atoms with Gasteiger partial charge in [-0.2, -0.15) is 5.26 Å². The molecule has 0 saturated heterocycles. The summed E-state index contributed by atoms with van der Waals surface area (Å²) >= 11 is 1.39. The highest BCUT2D eigenvalue weighted by Crippen LogP contribution is 2.32. The Morgan fingerprint density at radius 2 is 1.97 bits per heavy atom. The molecule has 0 aliphatic carbocycles. The minimum Gasteiger partial charge on any atom is -0.495 e. The third-order valence-corrected chi connectivity index (χ3v) is 6.00. The summed E-state index contributed by atoms with van der Waals surface area (Å²) in [6.07, 6.45) is 4.69. The maximum atomic E-state index is 13.0. The monoisotopic (exact) mass is 467 g/mol. The van der Waals surface area contributed by atoms with E-state index in [1.165, 1.54) is 30.5 Å². The molecule has 0 unspecified atom stereocenters. The lowest BCUT2D eigenvalue weighted by atomic mass is 10.0.